The van der Waals surface area contributed by atoms with Crippen molar-refractivity contribution in [3.63, 3.8) is 0 Å². The standard InChI is InChI=1S/C7H8FNO/c1-4-2-5(9)3-6(8)7(4)10/h2-3,10H,9H2,1H3. The van der Waals surface area contributed by atoms with Crippen molar-refractivity contribution < 1.29 is 9.50 Å². The number of nitrogen functional groups attached to an aromatic ring is 1. The molecule has 0 bridgehead atoms. The summed E-state index contributed by atoms with van der Waals surface area (Å²) < 4.78 is 12.5. The van der Waals surface area contributed by atoms with E-state index in [1.165, 1.54) is 6.07 Å². The Labute approximate surface area is 58.1 Å². The van der Waals surface area contributed by atoms with Crippen LogP contribution in [0.5, 0.6) is 5.75 Å². The first kappa shape index (κ1) is 6.86. The smallest absolute Gasteiger partial charge is 0.167 e. The van der Waals surface area contributed by atoms with E-state index >= 15 is 0 Å². The van der Waals surface area contributed by atoms with Gasteiger partial charge in [0.1, 0.15) is 0 Å². The maximum Gasteiger partial charge on any atom is 0.167 e. The highest BCUT2D eigenvalue weighted by Gasteiger charge is 2.03. The Balaban J connectivity index is 3.31. The maximum atomic E-state index is 12.5. The molecule has 0 heterocycles. The number of hydrogen-bond donors (Lipinski definition) is 2. The minimum atomic E-state index is -0.669. The Hall–Kier alpha value is -1.25. The molecular formula is C7H8FNO. The first-order valence-corrected chi connectivity index (χ1v) is 2.86. The number of phenols is 1. The van der Waals surface area contributed by atoms with E-state index in [-0.39, 0.29) is 5.75 Å². The van der Waals surface area contributed by atoms with Crippen LogP contribution in [0.4, 0.5) is 10.1 Å². The van der Waals surface area contributed by atoms with E-state index in [2.05, 4.69) is 0 Å². The van der Waals surface area contributed by atoms with Gasteiger partial charge in [-0.25, -0.2) is 4.39 Å². The summed E-state index contributed by atoms with van der Waals surface area (Å²) in [5, 5.41) is 8.90. The van der Waals surface area contributed by atoms with Gasteiger partial charge in [-0.2, -0.15) is 0 Å². The van der Waals surface area contributed by atoms with Gasteiger partial charge in [-0.05, 0) is 18.6 Å². The third kappa shape index (κ3) is 1.03. The first-order chi connectivity index (χ1) is 4.61. The predicted octanol–water partition coefficient (Wildman–Crippen LogP) is 1.42. The second kappa shape index (κ2) is 2.17. The zero-order valence-electron chi connectivity index (χ0n) is 5.56. The Morgan fingerprint density at radius 1 is 1.50 bits per heavy atom. The topological polar surface area (TPSA) is 46.2 Å². The molecule has 0 aliphatic rings. The molecule has 0 spiro atoms. The van der Waals surface area contributed by atoms with Crippen LogP contribution in [-0.2, 0) is 0 Å². The Morgan fingerprint density at radius 2 is 2.10 bits per heavy atom. The SMILES string of the molecule is Cc1cc(N)cc(F)c1O. The van der Waals surface area contributed by atoms with Crippen LogP contribution < -0.4 is 5.73 Å². The summed E-state index contributed by atoms with van der Waals surface area (Å²) in [5.74, 6) is -0.994. The fraction of sp³-hybridized carbons (Fsp3) is 0.143. The van der Waals surface area contributed by atoms with Gasteiger partial charge in [0.25, 0.3) is 0 Å². The highest BCUT2D eigenvalue weighted by Crippen LogP contribution is 2.22. The van der Waals surface area contributed by atoms with Crippen molar-refractivity contribution in [3.8, 4) is 5.75 Å². The molecule has 0 saturated carbocycles. The van der Waals surface area contributed by atoms with Crippen molar-refractivity contribution in [2.24, 2.45) is 0 Å². The summed E-state index contributed by atoms with van der Waals surface area (Å²) >= 11 is 0. The predicted molar refractivity (Wildman–Crippen MR) is 37.2 cm³/mol. The molecule has 54 valence electrons. The Kier molecular flexibility index (Phi) is 1.49. The molecular weight excluding hydrogens is 133 g/mol. The van der Waals surface area contributed by atoms with Crippen LogP contribution in [-0.4, -0.2) is 5.11 Å². The average Bonchev–Trinajstić information content (AvgIpc) is 1.82. The summed E-state index contributed by atoms with van der Waals surface area (Å²) in [7, 11) is 0. The van der Waals surface area contributed by atoms with Crippen molar-refractivity contribution in [1.29, 1.82) is 0 Å². The van der Waals surface area contributed by atoms with Crippen LogP contribution in [0, 0.1) is 12.7 Å². The van der Waals surface area contributed by atoms with Gasteiger partial charge in [0, 0.05) is 11.8 Å². The highest BCUT2D eigenvalue weighted by atomic mass is 19.1. The third-order valence-electron chi connectivity index (χ3n) is 1.28. The fourth-order valence-corrected chi connectivity index (χ4v) is 0.763. The molecule has 0 amide bonds. The summed E-state index contributed by atoms with van der Waals surface area (Å²) in [5.41, 5.74) is 6.06. The van der Waals surface area contributed by atoms with E-state index in [0.717, 1.165) is 6.07 Å². The number of phenolic OH excluding ortho intramolecular Hbond substituents is 1. The van der Waals surface area contributed by atoms with Crippen molar-refractivity contribution in [3.05, 3.63) is 23.5 Å². The van der Waals surface area contributed by atoms with E-state index < -0.39 is 5.82 Å². The number of aromatic hydroxyl groups is 1. The zero-order chi connectivity index (χ0) is 7.72. The lowest BCUT2D eigenvalue weighted by Crippen LogP contribution is -1.88. The largest absolute Gasteiger partial charge is 0.505 e. The molecule has 0 aliphatic heterocycles. The summed E-state index contributed by atoms with van der Waals surface area (Å²) in [6.45, 7) is 1.59. The van der Waals surface area contributed by atoms with Crippen LogP contribution in [0.2, 0.25) is 0 Å². The van der Waals surface area contributed by atoms with E-state index in [1.807, 2.05) is 0 Å². The van der Waals surface area contributed by atoms with E-state index in [1.54, 1.807) is 6.92 Å². The summed E-state index contributed by atoms with van der Waals surface area (Å²) in [4.78, 5) is 0. The monoisotopic (exact) mass is 141 g/mol. The minimum Gasteiger partial charge on any atom is -0.505 e. The first-order valence-electron chi connectivity index (χ1n) is 2.86. The van der Waals surface area contributed by atoms with Crippen LogP contribution in [0.15, 0.2) is 12.1 Å². The molecule has 10 heavy (non-hydrogen) atoms. The van der Waals surface area contributed by atoms with Crippen molar-refractivity contribution in [2.45, 2.75) is 6.92 Å². The summed E-state index contributed by atoms with van der Waals surface area (Å²) in [6.07, 6.45) is 0. The zero-order valence-corrected chi connectivity index (χ0v) is 5.56. The molecule has 0 aromatic heterocycles. The molecule has 0 radical (unpaired) electrons. The van der Waals surface area contributed by atoms with Gasteiger partial charge in [0.15, 0.2) is 11.6 Å². The highest BCUT2D eigenvalue weighted by molar-refractivity contribution is 5.47. The molecule has 1 aromatic rings. The van der Waals surface area contributed by atoms with Crippen LogP contribution >= 0.6 is 0 Å². The fourth-order valence-electron chi connectivity index (χ4n) is 0.763. The molecule has 0 atom stereocenters. The maximum absolute atomic E-state index is 12.5. The van der Waals surface area contributed by atoms with Gasteiger partial charge >= 0.3 is 0 Å². The van der Waals surface area contributed by atoms with Crippen LogP contribution in [0.25, 0.3) is 0 Å². The molecule has 3 heteroatoms. The molecule has 0 saturated heterocycles. The lowest BCUT2D eigenvalue weighted by molar-refractivity contribution is 0.429. The molecule has 2 nitrogen and oxygen atoms in total. The van der Waals surface area contributed by atoms with Crippen molar-refractivity contribution in [1.82, 2.24) is 0 Å². The normalized spacial score (nSPS) is 9.80. The second-order valence-electron chi connectivity index (χ2n) is 2.17. The third-order valence-corrected chi connectivity index (χ3v) is 1.28. The number of hydrogen-bond acceptors (Lipinski definition) is 2. The second-order valence-corrected chi connectivity index (χ2v) is 2.17. The number of anilines is 1. The van der Waals surface area contributed by atoms with Gasteiger partial charge < -0.3 is 10.8 Å². The van der Waals surface area contributed by atoms with Crippen LogP contribution in [0.1, 0.15) is 5.56 Å². The number of aryl methyl sites for hydroxylation is 1. The molecule has 0 aliphatic carbocycles. The van der Waals surface area contributed by atoms with Crippen molar-refractivity contribution in [2.75, 3.05) is 5.73 Å². The number of nitrogens with two attached hydrogens (primary N) is 1. The Bertz CT molecular complexity index is 237. The lowest BCUT2D eigenvalue weighted by Gasteiger charge is -2.00. The molecule has 0 unspecified atom stereocenters. The van der Waals surface area contributed by atoms with E-state index in [4.69, 9.17) is 10.8 Å². The minimum absolute atomic E-state index is 0.325. The molecule has 0 fully saturated rings. The van der Waals surface area contributed by atoms with Crippen molar-refractivity contribution >= 4 is 5.69 Å². The average molecular weight is 141 g/mol. The van der Waals surface area contributed by atoms with Gasteiger partial charge in [-0.1, -0.05) is 0 Å². The molecule has 1 rings (SSSR count). The Morgan fingerprint density at radius 3 is 2.60 bits per heavy atom. The van der Waals surface area contributed by atoms with Gasteiger partial charge in [0.05, 0.1) is 0 Å². The summed E-state index contributed by atoms with van der Waals surface area (Å²) in [6, 6.07) is 2.60. The number of rotatable bonds is 0. The van der Waals surface area contributed by atoms with E-state index in [0.29, 0.717) is 11.3 Å². The lowest BCUT2D eigenvalue weighted by atomic mass is 10.2. The van der Waals surface area contributed by atoms with E-state index in [9.17, 15) is 4.39 Å². The van der Waals surface area contributed by atoms with Gasteiger partial charge in [-0.15, -0.1) is 0 Å². The van der Waals surface area contributed by atoms with Crippen LogP contribution in [0.3, 0.4) is 0 Å². The quantitative estimate of drug-likeness (QED) is 0.424. The number of halogens is 1. The molecule has 1 aromatic carbocycles. The van der Waals surface area contributed by atoms with Gasteiger partial charge in [0.2, 0.25) is 0 Å². The number of benzene rings is 1. The van der Waals surface area contributed by atoms with Gasteiger partial charge in [-0.3, -0.25) is 0 Å². The molecule has 3 N–H and O–H groups in total.